The second-order valence-electron chi connectivity index (χ2n) is 7.17. The monoisotopic (exact) mass is 445 g/mol. The number of likely N-dealkylation sites (N-methyl/N-ethyl adjacent to an activating group) is 1. The van der Waals surface area contributed by atoms with E-state index >= 15 is 0 Å². The lowest BCUT2D eigenvalue weighted by molar-refractivity contribution is -0.139. The number of carbonyl (C=O) groups excluding carboxylic acids is 3. The number of nitrogens with one attached hydrogen (secondary N) is 1. The van der Waals surface area contributed by atoms with Gasteiger partial charge in [-0.3, -0.25) is 18.7 Å². The van der Waals surface area contributed by atoms with Crippen molar-refractivity contribution in [3.05, 3.63) is 65.7 Å². The van der Waals surface area contributed by atoms with Crippen molar-refractivity contribution in [1.29, 1.82) is 0 Å². The Balaban J connectivity index is 2.40. The van der Waals surface area contributed by atoms with Gasteiger partial charge in [0, 0.05) is 19.2 Å². The third kappa shape index (κ3) is 6.39. The van der Waals surface area contributed by atoms with Gasteiger partial charge in [-0.15, -0.1) is 0 Å². The van der Waals surface area contributed by atoms with Crippen molar-refractivity contribution in [2.75, 3.05) is 24.2 Å². The lowest BCUT2D eigenvalue weighted by Gasteiger charge is -2.31. The minimum atomic E-state index is -3.84. The van der Waals surface area contributed by atoms with Crippen molar-refractivity contribution in [3.8, 4) is 0 Å². The van der Waals surface area contributed by atoms with Crippen LogP contribution in [-0.4, -0.2) is 56.8 Å². The fourth-order valence-electron chi connectivity index (χ4n) is 3.07. The fraction of sp³-hybridized carbons (Fsp3) is 0.318. The number of hydrogen-bond acceptors (Lipinski definition) is 5. The van der Waals surface area contributed by atoms with Crippen LogP contribution in [0, 0.1) is 0 Å². The van der Waals surface area contributed by atoms with Gasteiger partial charge in [0.15, 0.2) is 5.78 Å². The topological polar surface area (TPSA) is 104 Å². The number of Topliss-reactive ketones (excluding diaryl/α,β-unsaturated/α-hetero) is 1. The van der Waals surface area contributed by atoms with E-state index in [1.165, 1.54) is 31.0 Å². The van der Waals surface area contributed by atoms with Crippen LogP contribution in [0.3, 0.4) is 0 Å². The van der Waals surface area contributed by atoms with Gasteiger partial charge in [0.05, 0.1) is 11.9 Å². The van der Waals surface area contributed by atoms with Gasteiger partial charge < -0.3 is 10.2 Å². The van der Waals surface area contributed by atoms with Gasteiger partial charge in [0.1, 0.15) is 12.6 Å². The number of carbonyl (C=O) groups is 3. The van der Waals surface area contributed by atoms with Crippen LogP contribution in [0.25, 0.3) is 0 Å². The molecule has 31 heavy (non-hydrogen) atoms. The van der Waals surface area contributed by atoms with Gasteiger partial charge in [0.2, 0.25) is 21.8 Å². The molecular formula is C22H27N3O5S. The lowest BCUT2D eigenvalue weighted by atomic mass is 10.1. The Morgan fingerprint density at radius 1 is 1.03 bits per heavy atom. The summed E-state index contributed by atoms with van der Waals surface area (Å²) >= 11 is 0. The van der Waals surface area contributed by atoms with E-state index in [9.17, 15) is 22.8 Å². The molecule has 166 valence electrons. The number of hydrogen-bond donors (Lipinski definition) is 1. The van der Waals surface area contributed by atoms with E-state index in [0.717, 1.165) is 16.1 Å². The maximum atomic E-state index is 13.2. The summed E-state index contributed by atoms with van der Waals surface area (Å²) in [6, 6.07) is 14.4. The molecule has 2 aromatic carbocycles. The molecule has 0 heterocycles. The Morgan fingerprint density at radius 2 is 1.68 bits per heavy atom. The Morgan fingerprint density at radius 3 is 2.23 bits per heavy atom. The van der Waals surface area contributed by atoms with Crippen LogP contribution < -0.4 is 9.62 Å². The summed E-state index contributed by atoms with van der Waals surface area (Å²) in [5.74, 6) is -1.13. The quantitative estimate of drug-likeness (QED) is 0.593. The van der Waals surface area contributed by atoms with E-state index in [0.29, 0.717) is 5.56 Å². The molecule has 0 saturated carbocycles. The van der Waals surface area contributed by atoms with Crippen molar-refractivity contribution in [2.45, 2.75) is 26.4 Å². The largest absolute Gasteiger partial charge is 0.357 e. The van der Waals surface area contributed by atoms with E-state index in [-0.39, 0.29) is 23.9 Å². The summed E-state index contributed by atoms with van der Waals surface area (Å²) in [4.78, 5) is 38.5. The predicted molar refractivity (Wildman–Crippen MR) is 119 cm³/mol. The average molecular weight is 446 g/mol. The molecule has 0 unspecified atom stereocenters. The molecule has 0 aliphatic rings. The molecule has 0 spiro atoms. The summed E-state index contributed by atoms with van der Waals surface area (Å²) in [6.45, 7) is 2.59. The van der Waals surface area contributed by atoms with Gasteiger partial charge >= 0.3 is 0 Å². The van der Waals surface area contributed by atoms with E-state index in [2.05, 4.69) is 5.32 Å². The normalized spacial score (nSPS) is 12.0. The molecule has 0 aromatic heterocycles. The van der Waals surface area contributed by atoms with Crippen molar-refractivity contribution >= 4 is 33.3 Å². The first-order chi connectivity index (χ1) is 14.5. The van der Waals surface area contributed by atoms with Crippen molar-refractivity contribution in [1.82, 2.24) is 10.2 Å². The molecule has 0 saturated heterocycles. The number of ketones is 1. The molecule has 8 nitrogen and oxygen atoms in total. The van der Waals surface area contributed by atoms with Crippen LogP contribution in [-0.2, 0) is 26.2 Å². The van der Waals surface area contributed by atoms with Crippen molar-refractivity contribution < 1.29 is 22.8 Å². The maximum Gasteiger partial charge on any atom is 0.244 e. The second-order valence-corrected chi connectivity index (χ2v) is 9.08. The third-order valence-corrected chi connectivity index (χ3v) is 5.97. The highest BCUT2D eigenvalue weighted by molar-refractivity contribution is 7.92. The number of nitrogens with zero attached hydrogens (tertiary/aromatic N) is 2. The SMILES string of the molecule is CNC(=O)[C@@H](C)N(Cc1ccccc1)C(=O)CN(c1cccc(C(C)=O)c1)S(C)(=O)=O. The minimum absolute atomic E-state index is 0.138. The van der Waals surface area contributed by atoms with Crippen molar-refractivity contribution in [2.24, 2.45) is 0 Å². The number of benzene rings is 2. The zero-order valence-electron chi connectivity index (χ0n) is 18.0. The third-order valence-electron chi connectivity index (χ3n) is 4.83. The Labute approximate surface area is 182 Å². The first-order valence-corrected chi connectivity index (χ1v) is 11.5. The predicted octanol–water partition coefficient (Wildman–Crippen LogP) is 1.82. The van der Waals surface area contributed by atoms with Crippen LogP contribution in [0.15, 0.2) is 54.6 Å². The Hall–Kier alpha value is -3.20. The molecule has 0 aliphatic carbocycles. The molecule has 2 amide bonds. The summed E-state index contributed by atoms with van der Waals surface area (Å²) in [7, 11) is -2.37. The highest BCUT2D eigenvalue weighted by atomic mass is 32.2. The molecule has 0 aliphatic heterocycles. The van der Waals surface area contributed by atoms with E-state index in [4.69, 9.17) is 0 Å². The number of rotatable bonds is 9. The van der Waals surface area contributed by atoms with Gasteiger partial charge in [-0.1, -0.05) is 42.5 Å². The zero-order chi connectivity index (χ0) is 23.2. The van der Waals surface area contributed by atoms with E-state index < -0.39 is 28.5 Å². The van der Waals surface area contributed by atoms with Crippen molar-refractivity contribution in [3.63, 3.8) is 0 Å². The highest BCUT2D eigenvalue weighted by Gasteiger charge is 2.29. The number of sulfonamides is 1. The standard InChI is InChI=1S/C22H27N3O5S/c1-16(22(28)23-3)24(14-18-9-6-5-7-10-18)21(27)15-25(31(4,29)30)20-12-8-11-19(13-20)17(2)26/h5-13,16H,14-15H2,1-4H3,(H,23,28)/t16-/m1/s1. The molecule has 9 heteroatoms. The van der Waals surface area contributed by atoms with Gasteiger partial charge in [-0.2, -0.15) is 0 Å². The van der Waals surface area contributed by atoms with E-state index in [1.54, 1.807) is 19.1 Å². The number of amides is 2. The van der Waals surface area contributed by atoms with Crippen LogP contribution in [0.4, 0.5) is 5.69 Å². The maximum absolute atomic E-state index is 13.2. The first-order valence-electron chi connectivity index (χ1n) is 9.68. The molecule has 2 aromatic rings. The molecule has 2 rings (SSSR count). The fourth-order valence-corrected chi connectivity index (χ4v) is 3.91. The second kappa shape index (κ2) is 10.2. The average Bonchev–Trinajstić information content (AvgIpc) is 2.74. The molecule has 1 atom stereocenters. The van der Waals surface area contributed by atoms with E-state index in [1.807, 2.05) is 30.3 Å². The molecular weight excluding hydrogens is 418 g/mol. The first kappa shape index (κ1) is 24.1. The molecule has 0 bridgehead atoms. The highest BCUT2D eigenvalue weighted by Crippen LogP contribution is 2.21. The molecule has 1 N–H and O–H groups in total. The molecule has 0 fully saturated rings. The van der Waals surface area contributed by atoms with Crippen LogP contribution in [0.2, 0.25) is 0 Å². The Bertz CT molecular complexity index is 1050. The summed E-state index contributed by atoms with van der Waals surface area (Å²) in [6.07, 6.45) is 0.991. The zero-order valence-corrected chi connectivity index (χ0v) is 18.8. The molecule has 0 radical (unpaired) electrons. The van der Waals surface area contributed by atoms with Crippen LogP contribution in [0.5, 0.6) is 0 Å². The summed E-state index contributed by atoms with van der Waals surface area (Å²) in [5, 5.41) is 2.52. The van der Waals surface area contributed by atoms with Crippen LogP contribution >= 0.6 is 0 Å². The smallest absolute Gasteiger partial charge is 0.244 e. The van der Waals surface area contributed by atoms with Gasteiger partial charge in [0.25, 0.3) is 0 Å². The summed E-state index contributed by atoms with van der Waals surface area (Å²) in [5.41, 5.74) is 1.34. The number of anilines is 1. The van der Waals surface area contributed by atoms with Gasteiger partial charge in [-0.25, -0.2) is 8.42 Å². The Kier molecular flexibility index (Phi) is 7.93. The van der Waals surface area contributed by atoms with Gasteiger partial charge in [-0.05, 0) is 31.5 Å². The summed E-state index contributed by atoms with van der Waals surface area (Å²) < 4.78 is 25.9. The lowest BCUT2D eigenvalue weighted by Crippen LogP contribution is -2.50. The van der Waals surface area contributed by atoms with Crippen LogP contribution in [0.1, 0.15) is 29.8 Å². The minimum Gasteiger partial charge on any atom is -0.357 e.